The first-order valence-electron chi connectivity index (χ1n) is 4.42. The lowest BCUT2D eigenvalue weighted by molar-refractivity contribution is -0.712. The van der Waals surface area contributed by atoms with Crippen LogP contribution >= 0.6 is 11.5 Å². The number of benzene rings is 1. The molecule has 0 saturated carbocycles. The standard InChI is InChI=1S/C10H9N3OS/c1-13-10(8-5-3-2-4-6-8)9(7-11-14)15-12-13/h2-7H,1H3/p+1/b11-7+. The summed E-state index contributed by atoms with van der Waals surface area (Å²) in [5.41, 5.74) is 2.02. The molecule has 1 aromatic carbocycles. The molecule has 0 unspecified atom stereocenters. The molecule has 2 rings (SSSR count). The van der Waals surface area contributed by atoms with Gasteiger partial charge in [-0.2, -0.15) is 0 Å². The van der Waals surface area contributed by atoms with Gasteiger partial charge in [0.15, 0.2) is 7.05 Å². The fourth-order valence-electron chi connectivity index (χ4n) is 1.41. The summed E-state index contributed by atoms with van der Waals surface area (Å²) in [6.45, 7) is 0. The van der Waals surface area contributed by atoms with Crippen molar-refractivity contribution in [3.05, 3.63) is 35.2 Å². The van der Waals surface area contributed by atoms with E-state index in [2.05, 4.69) is 9.64 Å². The molecule has 1 heterocycles. The van der Waals surface area contributed by atoms with E-state index in [1.165, 1.54) is 17.7 Å². The first-order valence-corrected chi connectivity index (χ1v) is 5.19. The van der Waals surface area contributed by atoms with Crippen LogP contribution in [0.4, 0.5) is 0 Å². The fourth-order valence-corrected chi connectivity index (χ4v) is 2.13. The fraction of sp³-hybridized carbons (Fsp3) is 0.100. The molecular formula is C10H10N3OS+. The number of nitrogens with zero attached hydrogens (tertiary/aromatic N) is 3. The van der Waals surface area contributed by atoms with E-state index in [0.29, 0.717) is 0 Å². The van der Waals surface area contributed by atoms with E-state index < -0.39 is 0 Å². The largest absolute Gasteiger partial charge is 0.411 e. The average Bonchev–Trinajstić information content (AvgIpc) is 2.62. The molecule has 5 heteroatoms. The van der Waals surface area contributed by atoms with Gasteiger partial charge < -0.3 is 5.21 Å². The number of aryl methyl sites for hydroxylation is 1. The van der Waals surface area contributed by atoms with E-state index in [-0.39, 0.29) is 0 Å². The third kappa shape index (κ3) is 1.87. The Morgan fingerprint density at radius 1 is 1.40 bits per heavy atom. The molecule has 0 aliphatic heterocycles. The maximum Gasteiger partial charge on any atom is 0.260 e. The zero-order valence-corrected chi connectivity index (χ0v) is 8.98. The molecule has 0 bridgehead atoms. The molecule has 0 radical (unpaired) electrons. The summed E-state index contributed by atoms with van der Waals surface area (Å²) in [6, 6.07) is 9.89. The van der Waals surface area contributed by atoms with Crippen molar-refractivity contribution in [3.8, 4) is 11.3 Å². The smallest absolute Gasteiger partial charge is 0.260 e. The van der Waals surface area contributed by atoms with Crippen LogP contribution in [0, 0.1) is 0 Å². The van der Waals surface area contributed by atoms with E-state index in [9.17, 15) is 0 Å². The zero-order chi connectivity index (χ0) is 10.7. The Morgan fingerprint density at radius 2 is 2.13 bits per heavy atom. The Labute approximate surface area is 91.3 Å². The number of aromatic nitrogens is 2. The van der Waals surface area contributed by atoms with Crippen LogP contribution in [0.2, 0.25) is 0 Å². The average molecular weight is 220 g/mol. The molecule has 15 heavy (non-hydrogen) atoms. The summed E-state index contributed by atoms with van der Waals surface area (Å²) in [5, 5.41) is 11.6. The molecule has 0 atom stereocenters. The van der Waals surface area contributed by atoms with Crippen LogP contribution in [-0.2, 0) is 7.05 Å². The molecule has 1 N–H and O–H groups in total. The van der Waals surface area contributed by atoms with Crippen molar-refractivity contribution >= 4 is 17.7 Å². The van der Waals surface area contributed by atoms with E-state index in [1.54, 1.807) is 4.68 Å². The zero-order valence-electron chi connectivity index (χ0n) is 8.16. The second-order valence-electron chi connectivity index (χ2n) is 3.02. The second-order valence-corrected chi connectivity index (χ2v) is 3.81. The maximum absolute atomic E-state index is 8.54. The van der Waals surface area contributed by atoms with Gasteiger partial charge in [0.1, 0.15) is 4.88 Å². The Balaban J connectivity index is 2.56. The number of hydrogen-bond acceptors (Lipinski definition) is 4. The lowest BCUT2D eigenvalue weighted by Gasteiger charge is -1.93. The minimum Gasteiger partial charge on any atom is -0.411 e. The van der Waals surface area contributed by atoms with Crippen LogP contribution < -0.4 is 4.68 Å². The van der Waals surface area contributed by atoms with Gasteiger partial charge in [-0.3, -0.25) is 0 Å². The van der Waals surface area contributed by atoms with Crippen LogP contribution in [0.1, 0.15) is 4.88 Å². The second kappa shape index (κ2) is 4.18. The summed E-state index contributed by atoms with van der Waals surface area (Å²) >= 11 is 1.30. The third-order valence-corrected chi connectivity index (χ3v) is 2.86. The van der Waals surface area contributed by atoms with Gasteiger partial charge in [-0.25, -0.2) is 0 Å². The van der Waals surface area contributed by atoms with Gasteiger partial charge in [0.25, 0.3) is 5.69 Å². The minimum atomic E-state index is 0.839. The van der Waals surface area contributed by atoms with E-state index in [0.717, 1.165) is 16.1 Å². The van der Waals surface area contributed by atoms with Crippen LogP contribution in [0.25, 0.3) is 11.3 Å². The molecule has 0 aliphatic carbocycles. The molecule has 4 nitrogen and oxygen atoms in total. The Hall–Kier alpha value is -1.75. The molecule has 0 saturated heterocycles. The van der Waals surface area contributed by atoms with Gasteiger partial charge in [0, 0.05) is 11.5 Å². The predicted octanol–water partition coefficient (Wildman–Crippen LogP) is 1.44. The van der Waals surface area contributed by atoms with Crippen LogP contribution in [0.5, 0.6) is 0 Å². The normalized spacial score (nSPS) is 11.0. The Bertz CT molecular complexity index is 479. The molecule has 2 aromatic rings. The van der Waals surface area contributed by atoms with Crippen molar-refractivity contribution in [2.45, 2.75) is 0 Å². The van der Waals surface area contributed by atoms with Crippen molar-refractivity contribution in [1.29, 1.82) is 0 Å². The number of hydrogen-bond donors (Lipinski definition) is 1. The highest BCUT2D eigenvalue weighted by molar-refractivity contribution is 7.07. The molecule has 0 fully saturated rings. The predicted molar refractivity (Wildman–Crippen MR) is 58.1 cm³/mol. The molecule has 1 aromatic heterocycles. The Morgan fingerprint density at radius 3 is 2.80 bits per heavy atom. The maximum atomic E-state index is 8.54. The van der Waals surface area contributed by atoms with Gasteiger partial charge in [-0.15, -0.1) is 0 Å². The van der Waals surface area contributed by atoms with Gasteiger partial charge >= 0.3 is 0 Å². The molecular weight excluding hydrogens is 210 g/mol. The van der Waals surface area contributed by atoms with Gasteiger partial charge in [0.2, 0.25) is 0 Å². The quantitative estimate of drug-likeness (QED) is 0.360. The van der Waals surface area contributed by atoms with Gasteiger partial charge in [-0.05, 0) is 12.1 Å². The highest BCUT2D eigenvalue weighted by Gasteiger charge is 2.19. The van der Waals surface area contributed by atoms with Gasteiger partial charge in [0.05, 0.1) is 16.3 Å². The summed E-state index contributed by atoms with van der Waals surface area (Å²) in [6.07, 6.45) is 1.40. The summed E-state index contributed by atoms with van der Waals surface area (Å²) in [4.78, 5) is 0.839. The van der Waals surface area contributed by atoms with Crippen molar-refractivity contribution in [2.24, 2.45) is 12.2 Å². The highest BCUT2D eigenvalue weighted by Crippen LogP contribution is 2.20. The Kier molecular flexibility index (Phi) is 2.73. The van der Waals surface area contributed by atoms with E-state index >= 15 is 0 Å². The van der Waals surface area contributed by atoms with Crippen LogP contribution in [0.3, 0.4) is 0 Å². The third-order valence-electron chi connectivity index (χ3n) is 2.04. The van der Waals surface area contributed by atoms with Gasteiger partial charge in [-0.1, -0.05) is 28.0 Å². The summed E-state index contributed by atoms with van der Waals surface area (Å²) in [7, 11) is 1.87. The number of rotatable bonds is 2. The van der Waals surface area contributed by atoms with Crippen molar-refractivity contribution in [3.63, 3.8) is 0 Å². The van der Waals surface area contributed by atoms with Crippen molar-refractivity contribution in [2.75, 3.05) is 0 Å². The SMILES string of the molecule is C[n+]1nsc(/C=N/O)c1-c1ccccc1. The molecule has 0 spiro atoms. The molecule has 76 valence electrons. The first-order chi connectivity index (χ1) is 7.33. The lowest BCUT2D eigenvalue weighted by atomic mass is 10.1. The van der Waals surface area contributed by atoms with Crippen LogP contribution in [-0.4, -0.2) is 15.9 Å². The van der Waals surface area contributed by atoms with Crippen LogP contribution in [0.15, 0.2) is 35.5 Å². The minimum absolute atomic E-state index is 0.839. The summed E-state index contributed by atoms with van der Waals surface area (Å²) < 4.78 is 5.94. The summed E-state index contributed by atoms with van der Waals surface area (Å²) in [5.74, 6) is 0. The number of oxime groups is 1. The van der Waals surface area contributed by atoms with E-state index in [1.807, 2.05) is 37.4 Å². The monoisotopic (exact) mass is 220 g/mol. The highest BCUT2D eigenvalue weighted by atomic mass is 32.1. The topological polar surface area (TPSA) is 49.4 Å². The first kappa shape index (κ1) is 9.79. The van der Waals surface area contributed by atoms with E-state index in [4.69, 9.17) is 5.21 Å². The van der Waals surface area contributed by atoms with Crippen molar-refractivity contribution < 1.29 is 9.89 Å². The lowest BCUT2D eigenvalue weighted by Crippen LogP contribution is -2.31. The molecule has 0 amide bonds. The molecule has 0 aliphatic rings. The van der Waals surface area contributed by atoms with Crippen molar-refractivity contribution in [1.82, 2.24) is 4.49 Å².